The van der Waals surface area contributed by atoms with Gasteiger partial charge in [-0.05, 0) is 13.0 Å². The maximum Gasteiger partial charge on any atom is 0.302 e. The van der Waals surface area contributed by atoms with E-state index in [0.717, 1.165) is 0 Å². The smallest absolute Gasteiger partial charge is 0.302 e. The van der Waals surface area contributed by atoms with E-state index in [4.69, 9.17) is 4.74 Å². The molecular formula is C12H16FNO2. The predicted molar refractivity (Wildman–Crippen MR) is 59.3 cm³/mol. The number of nitrogens with one attached hydrogen (secondary N) is 1. The predicted octanol–water partition coefficient (Wildman–Crippen LogP) is 1.87. The van der Waals surface area contributed by atoms with Gasteiger partial charge in [-0.15, -0.1) is 0 Å². The van der Waals surface area contributed by atoms with Gasteiger partial charge in [-0.2, -0.15) is 0 Å². The zero-order valence-electron chi connectivity index (χ0n) is 9.50. The molecule has 0 aliphatic heterocycles. The number of benzene rings is 1. The summed E-state index contributed by atoms with van der Waals surface area (Å²) in [7, 11) is 0. The molecule has 1 aromatic rings. The van der Waals surface area contributed by atoms with Gasteiger partial charge in [0.2, 0.25) is 0 Å². The maximum atomic E-state index is 13.2. The van der Waals surface area contributed by atoms with Crippen LogP contribution in [0.25, 0.3) is 0 Å². The van der Waals surface area contributed by atoms with Crippen molar-refractivity contribution in [3.63, 3.8) is 0 Å². The lowest BCUT2D eigenvalue weighted by molar-refractivity contribution is -0.145. The first kappa shape index (κ1) is 12.6. The van der Waals surface area contributed by atoms with Gasteiger partial charge in [0.05, 0.1) is 0 Å². The SMILES string of the molecule is CC(=O)OC(C)CNCc1ccccc1F. The first-order valence-electron chi connectivity index (χ1n) is 5.21. The van der Waals surface area contributed by atoms with Gasteiger partial charge >= 0.3 is 5.97 Å². The third-order valence-corrected chi connectivity index (χ3v) is 2.07. The molecule has 16 heavy (non-hydrogen) atoms. The van der Waals surface area contributed by atoms with E-state index in [1.807, 2.05) is 0 Å². The normalized spacial score (nSPS) is 12.2. The molecule has 0 heterocycles. The molecule has 0 aliphatic rings. The molecule has 0 bridgehead atoms. The van der Waals surface area contributed by atoms with Crippen LogP contribution < -0.4 is 5.32 Å². The minimum absolute atomic E-state index is 0.204. The van der Waals surface area contributed by atoms with E-state index < -0.39 is 0 Å². The second-order valence-corrected chi connectivity index (χ2v) is 3.64. The standard InChI is InChI=1S/C12H16FNO2/c1-9(16-10(2)15)7-14-8-11-5-3-4-6-12(11)13/h3-6,9,14H,7-8H2,1-2H3. The molecule has 4 heteroatoms. The molecule has 0 saturated heterocycles. The van der Waals surface area contributed by atoms with Crippen LogP contribution in [0, 0.1) is 5.82 Å². The highest BCUT2D eigenvalue weighted by Crippen LogP contribution is 2.05. The van der Waals surface area contributed by atoms with E-state index in [-0.39, 0.29) is 17.9 Å². The van der Waals surface area contributed by atoms with E-state index >= 15 is 0 Å². The van der Waals surface area contributed by atoms with Crippen molar-refractivity contribution in [3.05, 3.63) is 35.6 Å². The number of esters is 1. The Hall–Kier alpha value is -1.42. The summed E-state index contributed by atoms with van der Waals surface area (Å²) in [6.07, 6.45) is -0.204. The maximum absolute atomic E-state index is 13.2. The lowest BCUT2D eigenvalue weighted by Gasteiger charge is -2.12. The van der Waals surface area contributed by atoms with Crippen molar-refractivity contribution in [3.8, 4) is 0 Å². The van der Waals surface area contributed by atoms with Gasteiger partial charge in [0, 0.05) is 25.6 Å². The van der Waals surface area contributed by atoms with Crippen LogP contribution in [0.2, 0.25) is 0 Å². The second kappa shape index (κ2) is 6.23. The van der Waals surface area contributed by atoms with Gasteiger partial charge in [-0.1, -0.05) is 18.2 Å². The summed E-state index contributed by atoms with van der Waals surface area (Å²) in [5, 5.41) is 3.03. The molecule has 1 rings (SSSR count). The van der Waals surface area contributed by atoms with E-state index in [1.165, 1.54) is 13.0 Å². The Morgan fingerprint density at radius 3 is 2.81 bits per heavy atom. The lowest BCUT2D eigenvalue weighted by Crippen LogP contribution is -2.28. The van der Waals surface area contributed by atoms with Crippen molar-refractivity contribution in [2.45, 2.75) is 26.5 Å². The number of carbonyl (C=O) groups is 1. The molecule has 0 aliphatic carbocycles. The van der Waals surface area contributed by atoms with Crippen molar-refractivity contribution < 1.29 is 13.9 Å². The first-order valence-corrected chi connectivity index (χ1v) is 5.21. The van der Waals surface area contributed by atoms with E-state index in [1.54, 1.807) is 25.1 Å². The molecule has 0 aromatic heterocycles. The third kappa shape index (κ3) is 4.40. The summed E-state index contributed by atoms with van der Waals surface area (Å²) in [5.74, 6) is -0.532. The van der Waals surface area contributed by atoms with Crippen LogP contribution in [0.1, 0.15) is 19.4 Å². The zero-order valence-corrected chi connectivity index (χ0v) is 9.50. The van der Waals surface area contributed by atoms with Crippen LogP contribution in [0.5, 0.6) is 0 Å². The number of halogens is 1. The van der Waals surface area contributed by atoms with Crippen molar-refractivity contribution >= 4 is 5.97 Å². The number of rotatable bonds is 5. The van der Waals surface area contributed by atoms with E-state index in [2.05, 4.69) is 5.32 Å². The molecule has 88 valence electrons. The van der Waals surface area contributed by atoms with Crippen LogP contribution in [-0.4, -0.2) is 18.6 Å². The lowest BCUT2D eigenvalue weighted by atomic mass is 10.2. The first-order chi connectivity index (χ1) is 7.59. The van der Waals surface area contributed by atoms with Gasteiger partial charge in [0.25, 0.3) is 0 Å². The summed E-state index contributed by atoms with van der Waals surface area (Å²) in [6.45, 7) is 4.09. The molecule has 0 spiro atoms. The Morgan fingerprint density at radius 2 is 2.19 bits per heavy atom. The fourth-order valence-electron chi connectivity index (χ4n) is 1.38. The highest BCUT2D eigenvalue weighted by Gasteiger charge is 2.05. The highest BCUT2D eigenvalue weighted by atomic mass is 19.1. The van der Waals surface area contributed by atoms with Crippen molar-refractivity contribution in [1.82, 2.24) is 5.32 Å². The Balaban J connectivity index is 2.30. The summed E-state index contributed by atoms with van der Waals surface area (Å²) >= 11 is 0. The van der Waals surface area contributed by atoms with Crippen molar-refractivity contribution in [2.75, 3.05) is 6.54 Å². The third-order valence-electron chi connectivity index (χ3n) is 2.07. The fraction of sp³-hybridized carbons (Fsp3) is 0.417. The molecule has 0 amide bonds. The zero-order chi connectivity index (χ0) is 12.0. The Labute approximate surface area is 94.6 Å². The summed E-state index contributed by atoms with van der Waals surface area (Å²) in [4.78, 5) is 10.6. The van der Waals surface area contributed by atoms with Crippen molar-refractivity contribution in [1.29, 1.82) is 0 Å². The number of hydrogen-bond donors (Lipinski definition) is 1. The van der Waals surface area contributed by atoms with E-state index in [9.17, 15) is 9.18 Å². The van der Waals surface area contributed by atoms with Crippen LogP contribution in [0.4, 0.5) is 4.39 Å². The average molecular weight is 225 g/mol. The minimum Gasteiger partial charge on any atom is -0.462 e. The Bertz CT molecular complexity index is 355. The van der Waals surface area contributed by atoms with E-state index in [0.29, 0.717) is 18.7 Å². The molecule has 1 atom stereocenters. The molecule has 0 radical (unpaired) electrons. The molecule has 0 saturated carbocycles. The molecular weight excluding hydrogens is 209 g/mol. The monoisotopic (exact) mass is 225 g/mol. The van der Waals surface area contributed by atoms with Crippen LogP contribution >= 0.6 is 0 Å². The largest absolute Gasteiger partial charge is 0.462 e. The minimum atomic E-state index is -0.305. The average Bonchev–Trinajstić information content (AvgIpc) is 2.19. The van der Waals surface area contributed by atoms with Crippen LogP contribution in [0.3, 0.4) is 0 Å². The van der Waals surface area contributed by atoms with Gasteiger partial charge in [-0.25, -0.2) is 4.39 Å². The highest BCUT2D eigenvalue weighted by molar-refractivity contribution is 5.66. The Morgan fingerprint density at radius 1 is 1.50 bits per heavy atom. The van der Waals surface area contributed by atoms with Crippen LogP contribution in [0.15, 0.2) is 24.3 Å². The summed E-state index contributed by atoms with van der Waals surface area (Å²) in [5.41, 5.74) is 0.609. The van der Waals surface area contributed by atoms with Gasteiger partial charge in [0.1, 0.15) is 11.9 Å². The molecule has 1 unspecified atom stereocenters. The van der Waals surface area contributed by atoms with Crippen LogP contribution in [-0.2, 0) is 16.1 Å². The fourth-order valence-corrected chi connectivity index (χ4v) is 1.38. The topological polar surface area (TPSA) is 38.3 Å². The van der Waals surface area contributed by atoms with Gasteiger partial charge in [0.15, 0.2) is 0 Å². The molecule has 3 nitrogen and oxygen atoms in total. The number of ether oxygens (including phenoxy) is 1. The molecule has 0 fully saturated rings. The van der Waals surface area contributed by atoms with Gasteiger partial charge < -0.3 is 10.1 Å². The second-order valence-electron chi connectivity index (χ2n) is 3.64. The molecule has 1 aromatic carbocycles. The molecule has 1 N–H and O–H groups in total. The number of carbonyl (C=O) groups excluding carboxylic acids is 1. The summed E-state index contributed by atoms with van der Waals surface area (Å²) in [6, 6.07) is 6.58. The van der Waals surface area contributed by atoms with Crippen molar-refractivity contribution in [2.24, 2.45) is 0 Å². The Kier molecular flexibility index (Phi) is 4.92. The quantitative estimate of drug-likeness (QED) is 0.777. The number of hydrogen-bond acceptors (Lipinski definition) is 3. The summed E-state index contributed by atoms with van der Waals surface area (Å²) < 4.78 is 18.1. The van der Waals surface area contributed by atoms with Gasteiger partial charge in [-0.3, -0.25) is 4.79 Å².